The van der Waals surface area contributed by atoms with Crippen molar-refractivity contribution < 1.29 is 9.18 Å². The average molecular weight is 350 g/mol. The minimum atomic E-state index is -0.279. The van der Waals surface area contributed by atoms with E-state index in [9.17, 15) is 9.18 Å². The second-order valence-electron chi connectivity index (χ2n) is 5.63. The number of nitrogens with zero attached hydrogens (tertiary/aromatic N) is 3. The summed E-state index contributed by atoms with van der Waals surface area (Å²) in [7, 11) is 0. The number of hydrogen-bond acceptors (Lipinski definition) is 4. The summed E-state index contributed by atoms with van der Waals surface area (Å²) in [5.41, 5.74) is 2.03. The largest absolute Gasteiger partial charge is 0.350 e. The van der Waals surface area contributed by atoms with Crippen LogP contribution in [0.2, 0.25) is 0 Å². The fourth-order valence-electron chi connectivity index (χ4n) is 2.54. The van der Waals surface area contributed by atoms with Crippen LogP contribution in [0.5, 0.6) is 0 Å². The molecule has 1 amide bonds. The van der Waals surface area contributed by atoms with Gasteiger partial charge in [-0.05, 0) is 42.8 Å². The van der Waals surface area contributed by atoms with Crippen molar-refractivity contribution in [1.82, 2.24) is 9.97 Å². The number of para-hydroxylation sites is 1. The van der Waals surface area contributed by atoms with Crippen LogP contribution in [0, 0.1) is 5.82 Å². The summed E-state index contributed by atoms with van der Waals surface area (Å²) >= 11 is 0. The molecule has 1 heterocycles. The molecule has 0 saturated carbocycles. The van der Waals surface area contributed by atoms with Crippen LogP contribution < -0.4 is 10.2 Å². The minimum absolute atomic E-state index is 0.189. The third kappa shape index (κ3) is 4.22. The number of halogens is 1. The van der Waals surface area contributed by atoms with Crippen molar-refractivity contribution in [3.63, 3.8) is 0 Å². The van der Waals surface area contributed by atoms with Gasteiger partial charge in [-0.3, -0.25) is 4.79 Å². The highest BCUT2D eigenvalue weighted by Gasteiger charge is 2.17. The first-order valence-corrected chi connectivity index (χ1v) is 8.35. The van der Waals surface area contributed by atoms with Gasteiger partial charge in [0.1, 0.15) is 11.5 Å². The zero-order valence-electron chi connectivity index (χ0n) is 14.4. The molecular weight excluding hydrogens is 331 g/mol. The van der Waals surface area contributed by atoms with Crippen LogP contribution in [-0.4, -0.2) is 22.4 Å². The molecule has 3 rings (SSSR count). The van der Waals surface area contributed by atoms with Crippen LogP contribution in [0.4, 0.5) is 16.0 Å². The van der Waals surface area contributed by atoms with Gasteiger partial charge in [-0.25, -0.2) is 14.4 Å². The van der Waals surface area contributed by atoms with E-state index >= 15 is 0 Å². The smallest absolute Gasteiger partial charge is 0.277 e. The normalized spacial score (nSPS) is 10.4. The van der Waals surface area contributed by atoms with E-state index in [2.05, 4.69) is 15.3 Å². The molecule has 0 aliphatic heterocycles. The topological polar surface area (TPSA) is 58.1 Å². The van der Waals surface area contributed by atoms with Crippen molar-refractivity contribution in [3.05, 3.63) is 83.9 Å². The van der Waals surface area contributed by atoms with Gasteiger partial charge < -0.3 is 10.2 Å². The Morgan fingerprint density at radius 2 is 1.81 bits per heavy atom. The molecule has 0 fully saturated rings. The molecular formula is C20H19FN4O. The summed E-state index contributed by atoms with van der Waals surface area (Å²) in [6.45, 7) is 2.89. The van der Waals surface area contributed by atoms with E-state index in [0.717, 1.165) is 11.3 Å². The van der Waals surface area contributed by atoms with Crippen molar-refractivity contribution in [1.29, 1.82) is 0 Å². The lowest BCUT2D eigenvalue weighted by Crippen LogP contribution is -2.31. The molecule has 2 aromatic carbocycles. The lowest BCUT2D eigenvalue weighted by Gasteiger charge is -2.20. The Hall–Kier alpha value is -3.28. The van der Waals surface area contributed by atoms with Crippen molar-refractivity contribution in [2.24, 2.45) is 0 Å². The highest BCUT2D eigenvalue weighted by molar-refractivity contribution is 6.04. The Bertz CT molecular complexity index is 868. The van der Waals surface area contributed by atoms with Crippen molar-refractivity contribution in [3.8, 4) is 0 Å². The highest BCUT2D eigenvalue weighted by atomic mass is 19.1. The second-order valence-corrected chi connectivity index (χ2v) is 5.63. The number of carbonyl (C=O) groups excluding carboxylic acids is 1. The van der Waals surface area contributed by atoms with Gasteiger partial charge >= 0.3 is 0 Å². The third-order valence-electron chi connectivity index (χ3n) is 3.87. The molecule has 0 unspecified atom stereocenters. The predicted octanol–water partition coefficient (Wildman–Crippen LogP) is 3.89. The summed E-state index contributed by atoms with van der Waals surface area (Å²) in [4.78, 5) is 22.9. The summed E-state index contributed by atoms with van der Waals surface area (Å²) in [6.07, 6.45) is 1.55. The van der Waals surface area contributed by atoms with E-state index < -0.39 is 0 Å². The second kappa shape index (κ2) is 8.20. The molecule has 5 nitrogen and oxygen atoms in total. The van der Waals surface area contributed by atoms with Gasteiger partial charge in [-0.1, -0.05) is 30.3 Å². The van der Waals surface area contributed by atoms with Gasteiger partial charge in [-0.2, -0.15) is 0 Å². The average Bonchev–Trinajstić information content (AvgIpc) is 2.69. The molecule has 6 heteroatoms. The summed E-state index contributed by atoms with van der Waals surface area (Å²) in [6, 6.07) is 17.2. The number of aromatic nitrogens is 2. The van der Waals surface area contributed by atoms with E-state index in [1.807, 2.05) is 37.3 Å². The lowest BCUT2D eigenvalue weighted by atomic mass is 10.2. The van der Waals surface area contributed by atoms with Crippen LogP contribution in [0.25, 0.3) is 0 Å². The molecule has 0 aliphatic rings. The highest BCUT2D eigenvalue weighted by Crippen LogP contribution is 2.16. The van der Waals surface area contributed by atoms with Crippen LogP contribution in [0.3, 0.4) is 0 Å². The summed E-state index contributed by atoms with van der Waals surface area (Å²) in [5, 5.41) is 3.06. The van der Waals surface area contributed by atoms with E-state index in [0.29, 0.717) is 24.7 Å². The summed E-state index contributed by atoms with van der Waals surface area (Å²) < 4.78 is 13.0. The maximum atomic E-state index is 13.0. The SMILES string of the molecule is CCN(C(=O)c1ccnc(NCc2ccc(F)cc2)n1)c1ccccc1. The van der Waals surface area contributed by atoms with Gasteiger partial charge in [0.15, 0.2) is 0 Å². The predicted molar refractivity (Wildman–Crippen MR) is 99.6 cm³/mol. The van der Waals surface area contributed by atoms with Gasteiger partial charge in [0.25, 0.3) is 5.91 Å². The molecule has 26 heavy (non-hydrogen) atoms. The number of carbonyl (C=O) groups is 1. The molecule has 0 radical (unpaired) electrons. The third-order valence-corrected chi connectivity index (χ3v) is 3.87. The van der Waals surface area contributed by atoms with Gasteiger partial charge in [0, 0.05) is 25.0 Å². The molecule has 1 aromatic heterocycles. The first-order chi connectivity index (χ1) is 12.7. The Balaban J connectivity index is 1.73. The number of nitrogens with one attached hydrogen (secondary N) is 1. The molecule has 132 valence electrons. The Kier molecular flexibility index (Phi) is 5.53. The zero-order chi connectivity index (χ0) is 18.4. The quantitative estimate of drug-likeness (QED) is 0.733. The summed E-state index contributed by atoms with van der Waals surface area (Å²) in [5.74, 6) is -0.117. The standard InChI is InChI=1S/C20H19FN4O/c1-2-25(17-6-4-3-5-7-17)19(26)18-12-13-22-20(24-18)23-14-15-8-10-16(21)11-9-15/h3-13H,2,14H2,1H3,(H,22,23,24). The first kappa shape index (κ1) is 17.5. The fraction of sp³-hybridized carbons (Fsp3) is 0.150. The minimum Gasteiger partial charge on any atom is -0.350 e. The van der Waals surface area contributed by atoms with Crippen molar-refractivity contribution in [2.45, 2.75) is 13.5 Å². The Morgan fingerprint density at radius 1 is 1.08 bits per heavy atom. The van der Waals surface area contributed by atoms with Gasteiger partial charge in [0.05, 0.1) is 0 Å². The van der Waals surface area contributed by atoms with Crippen molar-refractivity contribution >= 4 is 17.5 Å². The van der Waals surface area contributed by atoms with Gasteiger partial charge in [-0.15, -0.1) is 0 Å². The molecule has 0 saturated heterocycles. The molecule has 0 bridgehead atoms. The van der Waals surface area contributed by atoms with Crippen LogP contribution in [-0.2, 0) is 6.54 Å². The number of amides is 1. The number of rotatable bonds is 6. The molecule has 3 aromatic rings. The van der Waals surface area contributed by atoms with E-state index in [4.69, 9.17) is 0 Å². The maximum Gasteiger partial charge on any atom is 0.277 e. The Morgan fingerprint density at radius 3 is 2.50 bits per heavy atom. The maximum absolute atomic E-state index is 13.0. The monoisotopic (exact) mass is 350 g/mol. The lowest BCUT2D eigenvalue weighted by molar-refractivity contribution is 0.0983. The van der Waals surface area contributed by atoms with E-state index in [1.165, 1.54) is 12.1 Å². The number of anilines is 2. The van der Waals surface area contributed by atoms with E-state index in [-0.39, 0.29) is 11.7 Å². The first-order valence-electron chi connectivity index (χ1n) is 8.35. The van der Waals surface area contributed by atoms with Crippen molar-refractivity contribution in [2.75, 3.05) is 16.8 Å². The fourth-order valence-corrected chi connectivity index (χ4v) is 2.54. The molecule has 0 aliphatic carbocycles. The zero-order valence-corrected chi connectivity index (χ0v) is 14.4. The van der Waals surface area contributed by atoms with Crippen LogP contribution in [0.1, 0.15) is 23.0 Å². The van der Waals surface area contributed by atoms with E-state index in [1.54, 1.807) is 29.3 Å². The van der Waals surface area contributed by atoms with Crippen LogP contribution in [0.15, 0.2) is 66.9 Å². The van der Waals surface area contributed by atoms with Crippen LogP contribution >= 0.6 is 0 Å². The Labute approximate surface area is 151 Å². The number of hydrogen-bond donors (Lipinski definition) is 1. The number of benzene rings is 2. The molecule has 1 N–H and O–H groups in total. The molecule has 0 spiro atoms. The molecule has 0 atom stereocenters. The van der Waals surface area contributed by atoms with Gasteiger partial charge in [0.2, 0.25) is 5.95 Å².